The Hall–Kier alpha value is -1.94. The Bertz CT molecular complexity index is 506. The predicted molar refractivity (Wildman–Crippen MR) is 69.0 cm³/mol. The molecule has 0 aliphatic rings. The van der Waals surface area contributed by atoms with Crippen molar-refractivity contribution in [1.82, 2.24) is 9.78 Å². The van der Waals surface area contributed by atoms with Gasteiger partial charge in [0, 0.05) is 26.3 Å². The lowest BCUT2D eigenvalue weighted by Crippen LogP contribution is -2.00. The molecule has 1 heterocycles. The fourth-order valence-electron chi connectivity index (χ4n) is 1.71. The van der Waals surface area contributed by atoms with E-state index in [9.17, 15) is 4.79 Å². The van der Waals surface area contributed by atoms with Gasteiger partial charge in [-0.1, -0.05) is 18.2 Å². The van der Waals surface area contributed by atoms with E-state index in [0.29, 0.717) is 18.6 Å². The Labute approximate surface area is 106 Å². The second kappa shape index (κ2) is 6.12. The van der Waals surface area contributed by atoms with Gasteiger partial charge < -0.3 is 4.74 Å². The normalized spacial score (nSPS) is 10.5. The first-order valence-corrected chi connectivity index (χ1v) is 5.93. The fraction of sp³-hybridized carbons (Fsp3) is 0.286. The zero-order valence-corrected chi connectivity index (χ0v) is 10.4. The number of ether oxygens (including phenoxy) is 1. The van der Waals surface area contributed by atoms with Crippen molar-refractivity contribution in [2.75, 3.05) is 13.7 Å². The Morgan fingerprint density at radius 2 is 2.11 bits per heavy atom. The summed E-state index contributed by atoms with van der Waals surface area (Å²) in [5.74, 6) is 0.106. The number of hydrogen-bond acceptors (Lipinski definition) is 3. The van der Waals surface area contributed by atoms with E-state index in [2.05, 4.69) is 5.10 Å². The molecular formula is C14H16N2O2. The first kappa shape index (κ1) is 12.5. The lowest BCUT2D eigenvalue weighted by atomic mass is 10.1. The largest absolute Gasteiger partial charge is 0.385 e. The van der Waals surface area contributed by atoms with Gasteiger partial charge in [-0.05, 0) is 18.6 Å². The SMILES string of the molecule is COCCCC(=O)c1cnn(-c2ccccc2)c1. The molecule has 2 aromatic rings. The second-order valence-electron chi connectivity index (χ2n) is 4.03. The van der Waals surface area contributed by atoms with E-state index in [4.69, 9.17) is 4.74 Å². The van der Waals surface area contributed by atoms with Crippen molar-refractivity contribution < 1.29 is 9.53 Å². The molecule has 0 saturated heterocycles. The molecule has 1 aromatic carbocycles. The van der Waals surface area contributed by atoms with E-state index >= 15 is 0 Å². The zero-order chi connectivity index (χ0) is 12.8. The zero-order valence-electron chi connectivity index (χ0n) is 10.4. The topological polar surface area (TPSA) is 44.1 Å². The summed E-state index contributed by atoms with van der Waals surface area (Å²) < 4.78 is 6.64. The molecule has 1 aromatic heterocycles. The van der Waals surface area contributed by atoms with Gasteiger partial charge >= 0.3 is 0 Å². The Kier molecular flexibility index (Phi) is 4.25. The first-order chi connectivity index (χ1) is 8.81. The number of Topliss-reactive ketones (excluding diaryl/α,β-unsaturated/α-hetero) is 1. The molecule has 0 fully saturated rings. The molecule has 4 heteroatoms. The van der Waals surface area contributed by atoms with E-state index in [0.717, 1.165) is 12.1 Å². The highest BCUT2D eigenvalue weighted by atomic mass is 16.5. The van der Waals surface area contributed by atoms with Crippen LogP contribution in [0.2, 0.25) is 0 Å². The third kappa shape index (κ3) is 3.05. The standard InChI is InChI=1S/C14H16N2O2/c1-18-9-5-8-14(17)12-10-15-16(11-12)13-6-3-2-4-7-13/h2-4,6-7,10-11H,5,8-9H2,1H3. The highest BCUT2D eigenvalue weighted by Gasteiger charge is 2.08. The van der Waals surface area contributed by atoms with E-state index in [1.165, 1.54) is 0 Å². The van der Waals surface area contributed by atoms with Crippen LogP contribution in [0.15, 0.2) is 42.7 Å². The minimum atomic E-state index is 0.106. The van der Waals surface area contributed by atoms with Crippen molar-refractivity contribution in [2.24, 2.45) is 0 Å². The van der Waals surface area contributed by atoms with Crippen molar-refractivity contribution in [3.63, 3.8) is 0 Å². The van der Waals surface area contributed by atoms with Gasteiger partial charge in [0.15, 0.2) is 5.78 Å². The number of aromatic nitrogens is 2. The molecule has 0 saturated carbocycles. The van der Waals surface area contributed by atoms with Crippen LogP contribution in [-0.4, -0.2) is 29.3 Å². The van der Waals surface area contributed by atoms with Gasteiger partial charge in [-0.15, -0.1) is 0 Å². The molecule has 0 amide bonds. The molecule has 0 spiro atoms. The molecule has 18 heavy (non-hydrogen) atoms. The summed E-state index contributed by atoms with van der Waals surface area (Å²) in [6, 6.07) is 9.73. The molecule has 0 bridgehead atoms. The summed E-state index contributed by atoms with van der Waals surface area (Å²) in [5.41, 5.74) is 1.60. The highest BCUT2D eigenvalue weighted by Crippen LogP contribution is 2.10. The van der Waals surface area contributed by atoms with E-state index in [1.807, 2.05) is 30.3 Å². The van der Waals surface area contributed by atoms with Crippen LogP contribution in [0, 0.1) is 0 Å². The Morgan fingerprint density at radius 3 is 2.83 bits per heavy atom. The Morgan fingerprint density at radius 1 is 1.33 bits per heavy atom. The number of rotatable bonds is 6. The molecular weight excluding hydrogens is 228 g/mol. The minimum Gasteiger partial charge on any atom is -0.385 e. The molecule has 4 nitrogen and oxygen atoms in total. The number of methoxy groups -OCH3 is 1. The number of carbonyl (C=O) groups excluding carboxylic acids is 1. The summed E-state index contributed by atoms with van der Waals surface area (Å²) in [6.45, 7) is 0.610. The van der Waals surface area contributed by atoms with Crippen LogP contribution in [0.25, 0.3) is 5.69 Å². The molecule has 2 rings (SSSR count). The van der Waals surface area contributed by atoms with E-state index in [-0.39, 0.29) is 5.78 Å². The number of carbonyl (C=O) groups is 1. The third-order valence-corrected chi connectivity index (χ3v) is 2.68. The van der Waals surface area contributed by atoms with Crippen molar-refractivity contribution in [3.8, 4) is 5.69 Å². The summed E-state index contributed by atoms with van der Waals surface area (Å²) in [5, 5.41) is 4.20. The van der Waals surface area contributed by atoms with Gasteiger partial charge in [-0.25, -0.2) is 4.68 Å². The fourth-order valence-corrected chi connectivity index (χ4v) is 1.71. The number of hydrogen-bond donors (Lipinski definition) is 0. The summed E-state index contributed by atoms with van der Waals surface area (Å²) in [7, 11) is 1.64. The average molecular weight is 244 g/mol. The number of para-hydroxylation sites is 1. The summed E-state index contributed by atoms with van der Waals surface area (Å²) in [4.78, 5) is 11.9. The van der Waals surface area contributed by atoms with Crippen molar-refractivity contribution in [3.05, 3.63) is 48.3 Å². The van der Waals surface area contributed by atoms with Crippen LogP contribution in [-0.2, 0) is 4.74 Å². The van der Waals surface area contributed by atoms with Crippen molar-refractivity contribution in [1.29, 1.82) is 0 Å². The molecule has 94 valence electrons. The van der Waals surface area contributed by atoms with Gasteiger partial charge in [0.05, 0.1) is 17.4 Å². The molecule has 0 aliphatic heterocycles. The number of benzene rings is 1. The van der Waals surface area contributed by atoms with Gasteiger partial charge in [0.2, 0.25) is 0 Å². The maximum absolute atomic E-state index is 11.9. The maximum Gasteiger partial charge on any atom is 0.166 e. The quantitative estimate of drug-likeness (QED) is 0.579. The predicted octanol–water partition coefficient (Wildman–Crippen LogP) is 2.48. The first-order valence-electron chi connectivity index (χ1n) is 5.93. The number of ketones is 1. The molecule has 0 aliphatic carbocycles. The maximum atomic E-state index is 11.9. The summed E-state index contributed by atoms with van der Waals surface area (Å²) in [6.07, 6.45) is 4.62. The van der Waals surface area contributed by atoms with Crippen LogP contribution in [0.1, 0.15) is 23.2 Å². The Balaban J connectivity index is 2.04. The van der Waals surface area contributed by atoms with Crippen molar-refractivity contribution >= 4 is 5.78 Å². The highest BCUT2D eigenvalue weighted by molar-refractivity contribution is 5.95. The summed E-state index contributed by atoms with van der Waals surface area (Å²) >= 11 is 0. The van der Waals surface area contributed by atoms with E-state index < -0.39 is 0 Å². The van der Waals surface area contributed by atoms with Crippen LogP contribution in [0.5, 0.6) is 0 Å². The second-order valence-corrected chi connectivity index (χ2v) is 4.03. The smallest absolute Gasteiger partial charge is 0.166 e. The van der Waals surface area contributed by atoms with Crippen LogP contribution in [0.3, 0.4) is 0 Å². The van der Waals surface area contributed by atoms with Gasteiger partial charge in [0.25, 0.3) is 0 Å². The monoisotopic (exact) mass is 244 g/mol. The molecule has 0 N–H and O–H groups in total. The number of nitrogens with zero attached hydrogens (tertiary/aromatic N) is 2. The van der Waals surface area contributed by atoms with Crippen LogP contribution >= 0.6 is 0 Å². The van der Waals surface area contributed by atoms with Crippen LogP contribution < -0.4 is 0 Å². The average Bonchev–Trinajstić information content (AvgIpc) is 2.89. The van der Waals surface area contributed by atoms with Gasteiger partial charge in [0.1, 0.15) is 0 Å². The third-order valence-electron chi connectivity index (χ3n) is 2.68. The minimum absolute atomic E-state index is 0.106. The lowest BCUT2D eigenvalue weighted by molar-refractivity contribution is 0.0963. The van der Waals surface area contributed by atoms with Crippen LogP contribution in [0.4, 0.5) is 0 Å². The molecule has 0 unspecified atom stereocenters. The van der Waals surface area contributed by atoms with Gasteiger partial charge in [-0.2, -0.15) is 5.10 Å². The van der Waals surface area contributed by atoms with Gasteiger partial charge in [-0.3, -0.25) is 4.79 Å². The van der Waals surface area contributed by atoms with E-state index in [1.54, 1.807) is 24.2 Å². The molecule has 0 atom stereocenters. The molecule has 0 radical (unpaired) electrons. The van der Waals surface area contributed by atoms with Crippen molar-refractivity contribution in [2.45, 2.75) is 12.8 Å². The lowest BCUT2D eigenvalue weighted by Gasteiger charge is -1.99.